The number of fused-ring (bicyclic) bond motifs is 1. The molecule has 1 aromatic carbocycles. The van der Waals surface area contributed by atoms with Crippen molar-refractivity contribution in [2.45, 2.75) is 70.7 Å². The smallest absolute Gasteiger partial charge is 0.241 e. The fourth-order valence-corrected chi connectivity index (χ4v) is 4.04. The molecule has 0 aromatic heterocycles. The predicted molar refractivity (Wildman–Crippen MR) is 97.4 cm³/mol. The zero-order chi connectivity index (χ0) is 18.5. The van der Waals surface area contributed by atoms with Gasteiger partial charge in [0.2, 0.25) is 5.91 Å². The summed E-state index contributed by atoms with van der Waals surface area (Å²) in [6, 6.07) is 7.77. The summed E-state index contributed by atoms with van der Waals surface area (Å²) in [5.41, 5.74) is 5.89. The fourth-order valence-electron chi connectivity index (χ4n) is 4.04. The lowest BCUT2D eigenvalue weighted by Crippen LogP contribution is -2.76. The maximum atomic E-state index is 13.1. The normalized spacial score (nSPS) is 32.1. The number of rotatable bonds is 4. The summed E-state index contributed by atoms with van der Waals surface area (Å²) in [6.07, 6.45) is 1.28. The average molecular weight is 346 g/mol. The molecule has 1 fully saturated rings. The number of nitrogens with one attached hydrogen (secondary N) is 1. The molecule has 1 heterocycles. The first-order chi connectivity index (χ1) is 11.6. The monoisotopic (exact) mass is 346 g/mol. The van der Waals surface area contributed by atoms with E-state index in [9.17, 15) is 4.79 Å². The molecule has 1 aromatic rings. The summed E-state index contributed by atoms with van der Waals surface area (Å²) in [6.45, 7) is 10.7. The average Bonchev–Trinajstić information content (AvgIpc) is 2.53. The fraction of sp³-hybridized carbons (Fsp3) is 0.650. The number of nitrogens with two attached hydrogens (primary N) is 1. The van der Waals surface area contributed by atoms with Crippen molar-refractivity contribution in [2.24, 2.45) is 11.1 Å². The molecule has 138 valence electrons. The van der Waals surface area contributed by atoms with Crippen LogP contribution in [0.25, 0.3) is 0 Å². The van der Waals surface area contributed by atoms with Gasteiger partial charge in [0.25, 0.3) is 0 Å². The van der Waals surface area contributed by atoms with Gasteiger partial charge in [0, 0.05) is 30.4 Å². The lowest BCUT2D eigenvalue weighted by atomic mass is 9.54. The number of benzene rings is 1. The van der Waals surface area contributed by atoms with E-state index in [1.807, 2.05) is 58.9 Å². The van der Waals surface area contributed by atoms with Gasteiger partial charge in [0.05, 0.1) is 12.1 Å². The van der Waals surface area contributed by atoms with E-state index in [2.05, 4.69) is 5.32 Å². The van der Waals surface area contributed by atoms with Gasteiger partial charge in [-0.1, -0.05) is 32.0 Å². The molecule has 1 saturated carbocycles. The Morgan fingerprint density at radius 2 is 1.96 bits per heavy atom. The van der Waals surface area contributed by atoms with Crippen LogP contribution in [0.4, 0.5) is 0 Å². The highest BCUT2D eigenvalue weighted by Crippen LogP contribution is 2.50. The van der Waals surface area contributed by atoms with Gasteiger partial charge in [-0.05, 0) is 26.8 Å². The molecule has 0 spiro atoms. The number of amides is 1. The van der Waals surface area contributed by atoms with E-state index in [1.165, 1.54) is 0 Å². The van der Waals surface area contributed by atoms with Gasteiger partial charge < -0.3 is 20.5 Å². The number of carbonyl (C=O) groups excluding carboxylic acids is 1. The first-order valence-corrected chi connectivity index (χ1v) is 9.10. The number of carbonyl (C=O) groups is 1. The molecular weight excluding hydrogens is 316 g/mol. The minimum atomic E-state index is -0.912. The van der Waals surface area contributed by atoms with E-state index in [0.29, 0.717) is 19.4 Å². The highest BCUT2D eigenvalue weighted by Gasteiger charge is 2.63. The van der Waals surface area contributed by atoms with Crippen molar-refractivity contribution in [1.29, 1.82) is 0 Å². The van der Waals surface area contributed by atoms with Crippen molar-refractivity contribution in [3.05, 3.63) is 29.8 Å². The van der Waals surface area contributed by atoms with E-state index in [1.54, 1.807) is 0 Å². The zero-order valence-corrected chi connectivity index (χ0v) is 15.9. The van der Waals surface area contributed by atoms with Crippen molar-refractivity contribution in [3.8, 4) is 5.75 Å². The van der Waals surface area contributed by atoms with Gasteiger partial charge in [-0.3, -0.25) is 4.79 Å². The van der Waals surface area contributed by atoms with Gasteiger partial charge in [-0.25, -0.2) is 0 Å². The molecule has 5 nitrogen and oxygen atoms in total. The van der Waals surface area contributed by atoms with Gasteiger partial charge in [0.1, 0.15) is 16.9 Å². The van der Waals surface area contributed by atoms with E-state index in [4.69, 9.17) is 15.2 Å². The Kier molecular flexibility index (Phi) is 4.36. The minimum Gasteiger partial charge on any atom is -0.487 e. The number of hydrogen-bond acceptors (Lipinski definition) is 4. The number of para-hydroxylation sites is 1. The second kappa shape index (κ2) is 5.99. The zero-order valence-electron chi connectivity index (χ0n) is 15.9. The van der Waals surface area contributed by atoms with Gasteiger partial charge in [0.15, 0.2) is 0 Å². The molecule has 3 rings (SSSR count). The van der Waals surface area contributed by atoms with Crippen LogP contribution in [-0.4, -0.2) is 29.8 Å². The van der Waals surface area contributed by atoms with Gasteiger partial charge in [-0.2, -0.15) is 0 Å². The summed E-state index contributed by atoms with van der Waals surface area (Å²) >= 11 is 0. The summed E-state index contributed by atoms with van der Waals surface area (Å²) in [7, 11) is 0. The topological polar surface area (TPSA) is 73.6 Å². The molecular formula is C20H30N2O3. The van der Waals surface area contributed by atoms with E-state index < -0.39 is 11.0 Å². The van der Waals surface area contributed by atoms with Gasteiger partial charge in [-0.15, -0.1) is 0 Å². The lowest BCUT2D eigenvalue weighted by Gasteiger charge is -2.58. The highest BCUT2D eigenvalue weighted by molar-refractivity contribution is 5.89. The van der Waals surface area contributed by atoms with Crippen LogP contribution in [0.3, 0.4) is 0 Å². The third-order valence-corrected chi connectivity index (χ3v) is 5.92. The first-order valence-electron chi connectivity index (χ1n) is 9.10. The molecule has 1 amide bonds. The van der Waals surface area contributed by atoms with Crippen molar-refractivity contribution in [1.82, 2.24) is 5.32 Å². The summed E-state index contributed by atoms with van der Waals surface area (Å²) in [4.78, 5) is 13.1. The minimum absolute atomic E-state index is 0.0201. The van der Waals surface area contributed by atoms with Crippen molar-refractivity contribution < 1.29 is 14.3 Å². The quantitative estimate of drug-likeness (QED) is 0.879. The molecule has 0 radical (unpaired) electrons. The third kappa shape index (κ3) is 2.93. The molecule has 0 bridgehead atoms. The van der Waals surface area contributed by atoms with Crippen molar-refractivity contribution >= 4 is 5.91 Å². The van der Waals surface area contributed by atoms with Crippen LogP contribution in [0.2, 0.25) is 0 Å². The molecule has 3 unspecified atom stereocenters. The molecule has 1 aliphatic carbocycles. The summed E-state index contributed by atoms with van der Waals surface area (Å²) in [5.74, 6) is 0.723. The molecule has 3 N–H and O–H groups in total. The largest absolute Gasteiger partial charge is 0.487 e. The van der Waals surface area contributed by atoms with Crippen LogP contribution in [0, 0.1) is 5.41 Å². The van der Waals surface area contributed by atoms with Crippen LogP contribution >= 0.6 is 0 Å². The number of ether oxygens (including phenoxy) is 2. The van der Waals surface area contributed by atoms with Crippen molar-refractivity contribution in [2.75, 3.05) is 6.61 Å². The Morgan fingerprint density at radius 1 is 1.28 bits per heavy atom. The molecule has 2 aliphatic rings. The first kappa shape index (κ1) is 18.2. The van der Waals surface area contributed by atoms with Crippen LogP contribution in [0.15, 0.2) is 24.3 Å². The van der Waals surface area contributed by atoms with E-state index >= 15 is 0 Å². The van der Waals surface area contributed by atoms with Crippen LogP contribution in [0.1, 0.15) is 59.1 Å². The second-order valence-electron chi connectivity index (χ2n) is 8.47. The van der Waals surface area contributed by atoms with Crippen LogP contribution in [-0.2, 0) is 9.53 Å². The maximum absolute atomic E-state index is 13.1. The highest BCUT2D eigenvalue weighted by atomic mass is 16.5. The second-order valence-corrected chi connectivity index (χ2v) is 8.47. The standard InChI is InChI=1S/C20H30N2O3/c1-6-24-16-12-20(21,19(16,4)5)17(23)22-14-11-18(2,3)25-15-10-8-7-9-13(14)15/h7-10,14,16H,6,11-12,21H2,1-5H3,(H,22,23). The molecule has 1 aliphatic heterocycles. The molecule has 5 heteroatoms. The third-order valence-electron chi connectivity index (χ3n) is 5.92. The Hall–Kier alpha value is -1.59. The van der Waals surface area contributed by atoms with Crippen LogP contribution < -0.4 is 15.8 Å². The SMILES string of the molecule is CCOC1CC(N)(C(=O)NC2CC(C)(C)Oc3ccccc32)C1(C)C. The molecule has 0 saturated heterocycles. The lowest BCUT2D eigenvalue weighted by molar-refractivity contribution is -0.171. The van der Waals surface area contributed by atoms with E-state index in [-0.39, 0.29) is 23.7 Å². The maximum Gasteiger partial charge on any atom is 0.241 e. The Balaban J connectivity index is 1.80. The molecule has 25 heavy (non-hydrogen) atoms. The van der Waals surface area contributed by atoms with Crippen molar-refractivity contribution in [3.63, 3.8) is 0 Å². The summed E-state index contributed by atoms with van der Waals surface area (Å²) in [5, 5.41) is 3.19. The Morgan fingerprint density at radius 3 is 2.60 bits per heavy atom. The van der Waals surface area contributed by atoms with E-state index in [0.717, 1.165) is 11.3 Å². The summed E-state index contributed by atoms with van der Waals surface area (Å²) < 4.78 is 11.8. The van der Waals surface area contributed by atoms with Gasteiger partial charge >= 0.3 is 0 Å². The van der Waals surface area contributed by atoms with Crippen LogP contribution in [0.5, 0.6) is 5.75 Å². The predicted octanol–water partition coefficient (Wildman–Crippen LogP) is 2.94. The Labute approximate surface area is 150 Å². The number of hydrogen-bond donors (Lipinski definition) is 2. The molecule has 3 atom stereocenters. The Bertz CT molecular complexity index is 671.